The van der Waals surface area contributed by atoms with E-state index in [2.05, 4.69) is 34.1 Å². The van der Waals surface area contributed by atoms with Crippen LogP contribution < -0.4 is 0 Å². The summed E-state index contributed by atoms with van der Waals surface area (Å²) in [5, 5.41) is 1.18. The van der Waals surface area contributed by atoms with Crippen LogP contribution in [0.3, 0.4) is 0 Å². The maximum atomic E-state index is 11.2. The lowest BCUT2D eigenvalue weighted by Crippen LogP contribution is -2.33. The number of piperidine rings is 1. The second-order valence-electron chi connectivity index (χ2n) is 4.81. The van der Waals surface area contributed by atoms with Gasteiger partial charge >= 0.3 is 0 Å². The van der Waals surface area contributed by atoms with Crippen LogP contribution in [0.25, 0.3) is 10.9 Å². The van der Waals surface area contributed by atoms with Gasteiger partial charge in [-0.15, -0.1) is 0 Å². The lowest BCUT2D eigenvalue weighted by molar-refractivity contribution is -0.121. The first-order chi connectivity index (χ1) is 8.83. The molecule has 0 saturated carbocycles. The Kier molecular flexibility index (Phi) is 3.07. The van der Waals surface area contributed by atoms with E-state index in [0.29, 0.717) is 18.6 Å². The number of hydrogen-bond acceptors (Lipinski definition) is 3. The molecule has 0 aliphatic carbocycles. The SMILES string of the molecule is O=C1CCN(Cc2cccc3cccnc23)CC1. The fourth-order valence-electron chi connectivity index (χ4n) is 2.50. The second kappa shape index (κ2) is 4.86. The van der Waals surface area contributed by atoms with Crippen molar-refractivity contribution >= 4 is 16.7 Å². The molecule has 18 heavy (non-hydrogen) atoms. The molecule has 2 aromatic rings. The van der Waals surface area contributed by atoms with Gasteiger partial charge in [-0.1, -0.05) is 24.3 Å². The largest absolute Gasteiger partial charge is 0.300 e. The van der Waals surface area contributed by atoms with E-state index < -0.39 is 0 Å². The molecule has 1 aromatic heterocycles. The molecule has 0 spiro atoms. The molecule has 0 radical (unpaired) electrons. The lowest BCUT2D eigenvalue weighted by atomic mass is 10.1. The van der Waals surface area contributed by atoms with Crippen molar-refractivity contribution in [2.45, 2.75) is 19.4 Å². The molecule has 0 N–H and O–H groups in total. The van der Waals surface area contributed by atoms with Gasteiger partial charge in [0.2, 0.25) is 0 Å². The number of pyridine rings is 1. The normalized spacial score (nSPS) is 17.2. The number of aromatic nitrogens is 1. The van der Waals surface area contributed by atoms with Crippen molar-refractivity contribution in [2.24, 2.45) is 0 Å². The van der Waals surface area contributed by atoms with Crippen molar-refractivity contribution < 1.29 is 4.79 Å². The van der Waals surface area contributed by atoms with Crippen molar-refractivity contribution in [1.82, 2.24) is 9.88 Å². The van der Waals surface area contributed by atoms with Crippen molar-refractivity contribution in [2.75, 3.05) is 13.1 Å². The number of para-hydroxylation sites is 1. The first-order valence-electron chi connectivity index (χ1n) is 6.39. The van der Waals surface area contributed by atoms with E-state index in [0.717, 1.165) is 25.2 Å². The molecule has 3 rings (SSSR count). The van der Waals surface area contributed by atoms with Crippen molar-refractivity contribution in [3.05, 3.63) is 42.1 Å². The van der Waals surface area contributed by atoms with Gasteiger partial charge < -0.3 is 0 Å². The smallest absolute Gasteiger partial charge is 0.135 e. The van der Waals surface area contributed by atoms with Crippen molar-refractivity contribution in [1.29, 1.82) is 0 Å². The highest BCUT2D eigenvalue weighted by atomic mass is 16.1. The fourth-order valence-corrected chi connectivity index (χ4v) is 2.50. The molecule has 0 unspecified atom stereocenters. The van der Waals surface area contributed by atoms with Crippen molar-refractivity contribution in [3.63, 3.8) is 0 Å². The Morgan fingerprint density at radius 2 is 1.89 bits per heavy atom. The third-order valence-electron chi connectivity index (χ3n) is 3.52. The molecule has 2 heterocycles. The Bertz CT molecular complexity index is 564. The number of fused-ring (bicyclic) bond motifs is 1. The number of carbonyl (C=O) groups excluding carboxylic acids is 1. The van der Waals surface area contributed by atoms with E-state index in [1.54, 1.807) is 0 Å². The van der Waals surface area contributed by atoms with Crippen LogP contribution >= 0.6 is 0 Å². The zero-order valence-electron chi connectivity index (χ0n) is 10.3. The van der Waals surface area contributed by atoms with Crippen LogP contribution in [0.15, 0.2) is 36.5 Å². The maximum Gasteiger partial charge on any atom is 0.135 e. The summed E-state index contributed by atoms with van der Waals surface area (Å²) in [6, 6.07) is 10.4. The third-order valence-corrected chi connectivity index (χ3v) is 3.52. The monoisotopic (exact) mass is 240 g/mol. The summed E-state index contributed by atoms with van der Waals surface area (Å²) in [7, 11) is 0. The molecule has 0 atom stereocenters. The van der Waals surface area contributed by atoms with Gasteiger partial charge in [-0.2, -0.15) is 0 Å². The molecule has 0 amide bonds. The Balaban J connectivity index is 1.84. The number of Topliss-reactive ketones (excluding diaryl/α,β-unsaturated/α-hetero) is 1. The minimum absolute atomic E-state index is 0.391. The van der Waals surface area contributed by atoms with Crippen LogP contribution in [-0.4, -0.2) is 28.8 Å². The van der Waals surface area contributed by atoms with Gasteiger partial charge in [0.1, 0.15) is 5.78 Å². The van der Waals surface area contributed by atoms with E-state index >= 15 is 0 Å². The lowest BCUT2D eigenvalue weighted by Gasteiger charge is -2.26. The summed E-state index contributed by atoms with van der Waals surface area (Å²) in [4.78, 5) is 18.0. The Labute approximate surface area is 106 Å². The summed E-state index contributed by atoms with van der Waals surface area (Å²) in [5.41, 5.74) is 2.33. The molecule has 1 fully saturated rings. The molecular formula is C15H16N2O. The number of likely N-dealkylation sites (tertiary alicyclic amines) is 1. The van der Waals surface area contributed by atoms with Crippen LogP contribution in [-0.2, 0) is 11.3 Å². The molecule has 0 bridgehead atoms. The highest BCUT2D eigenvalue weighted by Gasteiger charge is 2.16. The van der Waals surface area contributed by atoms with Gasteiger partial charge in [0.05, 0.1) is 5.52 Å². The zero-order chi connectivity index (χ0) is 12.4. The number of benzene rings is 1. The highest BCUT2D eigenvalue weighted by Crippen LogP contribution is 2.19. The summed E-state index contributed by atoms with van der Waals surface area (Å²) in [6.07, 6.45) is 3.22. The average molecular weight is 240 g/mol. The van der Waals surface area contributed by atoms with Crippen LogP contribution in [0.5, 0.6) is 0 Å². The third kappa shape index (κ3) is 2.27. The van der Waals surface area contributed by atoms with Crippen LogP contribution in [0.2, 0.25) is 0 Å². The molecule has 1 aliphatic heterocycles. The van der Waals surface area contributed by atoms with Crippen LogP contribution in [0.1, 0.15) is 18.4 Å². The van der Waals surface area contributed by atoms with Gasteiger partial charge in [-0.25, -0.2) is 0 Å². The Morgan fingerprint density at radius 3 is 2.72 bits per heavy atom. The van der Waals surface area contributed by atoms with Gasteiger partial charge in [0, 0.05) is 44.1 Å². The van der Waals surface area contributed by atoms with Gasteiger partial charge in [0.15, 0.2) is 0 Å². The van der Waals surface area contributed by atoms with Gasteiger partial charge in [0.25, 0.3) is 0 Å². The standard InChI is InChI=1S/C15H16N2O/c18-14-6-9-17(10-7-14)11-13-4-1-3-12-5-2-8-16-15(12)13/h1-5,8H,6-7,9-11H2. The average Bonchev–Trinajstić information content (AvgIpc) is 2.42. The second-order valence-corrected chi connectivity index (χ2v) is 4.81. The minimum atomic E-state index is 0.391. The first-order valence-corrected chi connectivity index (χ1v) is 6.39. The van der Waals surface area contributed by atoms with E-state index in [4.69, 9.17) is 0 Å². The summed E-state index contributed by atoms with van der Waals surface area (Å²) >= 11 is 0. The molecule has 1 aromatic carbocycles. The first kappa shape index (κ1) is 11.4. The number of hydrogen-bond donors (Lipinski definition) is 0. The number of ketones is 1. The van der Waals surface area contributed by atoms with E-state index in [-0.39, 0.29) is 0 Å². The molecule has 3 heteroatoms. The summed E-state index contributed by atoms with van der Waals surface area (Å²) < 4.78 is 0. The molecular weight excluding hydrogens is 224 g/mol. The summed E-state index contributed by atoms with van der Waals surface area (Å²) in [5.74, 6) is 0.391. The Hall–Kier alpha value is -1.74. The maximum absolute atomic E-state index is 11.2. The molecule has 1 saturated heterocycles. The summed E-state index contributed by atoms with van der Waals surface area (Å²) in [6.45, 7) is 2.64. The number of carbonyl (C=O) groups is 1. The van der Waals surface area contributed by atoms with Gasteiger partial charge in [-0.3, -0.25) is 14.7 Å². The quantitative estimate of drug-likeness (QED) is 0.808. The van der Waals surface area contributed by atoms with E-state index in [1.165, 1.54) is 10.9 Å². The highest BCUT2D eigenvalue weighted by molar-refractivity contribution is 5.81. The fraction of sp³-hybridized carbons (Fsp3) is 0.333. The van der Waals surface area contributed by atoms with E-state index in [1.807, 2.05) is 12.3 Å². The molecule has 92 valence electrons. The number of nitrogens with zero attached hydrogens (tertiary/aromatic N) is 2. The van der Waals surface area contributed by atoms with Gasteiger partial charge in [-0.05, 0) is 11.6 Å². The molecule has 1 aliphatic rings. The number of rotatable bonds is 2. The predicted octanol–water partition coefficient (Wildman–Crippen LogP) is 2.40. The minimum Gasteiger partial charge on any atom is -0.300 e. The predicted molar refractivity (Wildman–Crippen MR) is 71.3 cm³/mol. The molecule has 3 nitrogen and oxygen atoms in total. The Morgan fingerprint density at radius 1 is 1.11 bits per heavy atom. The van der Waals surface area contributed by atoms with Crippen LogP contribution in [0.4, 0.5) is 0 Å². The zero-order valence-corrected chi connectivity index (χ0v) is 10.3. The van der Waals surface area contributed by atoms with Crippen molar-refractivity contribution in [3.8, 4) is 0 Å². The topological polar surface area (TPSA) is 33.2 Å². The van der Waals surface area contributed by atoms with E-state index in [9.17, 15) is 4.79 Å². The van der Waals surface area contributed by atoms with Crippen LogP contribution in [0, 0.1) is 0 Å².